The fraction of sp³-hybridized carbons (Fsp3) is 0.900. The second kappa shape index (κ2) is 6.60. The molecule has 0 aliphatic carbocycles. The van der Waals surface area contributed by atoms with Gasteiger partial charge in [0, 0.05) is 0 Å². The summed E-state index contributed by atoms with van der Waals surface area (Å²) in [6, 6.07) is 0. The van der Waals surface area contributed by atoms with Gasteiger partial charge in [-0.15, -0.1) is 0 Å². The summed E-state index contributed by atoms with van der Waals surface area (Å²) in [4.78, 5) is 0. The van der Waals surface area contributed by atoms with Crippen molar-refractivity contribution in [2.75, 3.05) is 0 Å². The molecule has 0 fully saturated rings. The molecular weight excluding hydrogens is 150 g/mol. The van der Waals surface area contributed by atoms with Crippen LogP contribution in [-0.4, -0.2) is 6.10 Å². The van der Waals surface area contributed by atoms with E-state index in [0.29, 0.717) is 0 Å². The quantitative estimate of drug-likeness (QED) is 0.291. The summed E-state index contributed by atoms with van der Waals surface area (Å²) < 4.78 is 0. The van der Waals surface area contributed by atoms with Crippen LogP contribution in [0, 0.1) is 17.3 Å². The fourth-order valence-electron chi connectivity index (χ4n) is 0.704. The SMILES string of the molecule is CC(C)(C)[CH-]C([O-])C(C)(C)C.[Li+].[Li+]. The zero-order chi connectivity index (χ0) is 9.28. The Labute approximate surface area is 107 Å². The van der Waals surface area contributed by atoms with Gasteiger partial charge in [-0.1, -0.05) is 47.0 Å². The second-order valence-electron chi connectivity index (χ2n) is 5.32. The van der Waals surface area contributed by atoms with E-state index in [2.05, 4.69) is 20.8 Å². The Morgan fingerprint density at radius 3 is 1.31 bits per heavy atom. The van der Waals surface area contributed by atoms with Crippen LogP contribution in [0.2, 0.25) is 0 Å². The molecule has 0 aromatic heterocycles. The monoisotopic (exact) mass is 170 g/mol. The summed E-state index contributed by atoms with van der Waals surface area (Å²) in [6.45, 7) is 12.1. The smallest absolute Gasteiger partial charge is 0.875 e. The maximum atomic E-state index is 11.5. The molecular formula is C10H20Li2O. The van der Waals surface area contributed by atoms with E-state index in [9.17, 15) is 5.11 Å². The van der Waals surface area contributed by atoms with Gasteiger partial charge in [0.2, 0.25) is 0 Å². The molecule has 1 nitrogen and oxygen atoms in total. The van der Waals surface area contributed by atoms with Crippen LogP contribution in [0.25, 0.3) is 0 Å². The van der Waals surface area contributed by atoms with Gasteiger partial charge in [-0.3, -0.25) is 6.10 Å². The number of hydrogen-bond acceptors (Lipinski definition) is 1. The van der Waals surface area contributed by atoms with Crippen LogP contribution in [0.3, 0.4) is 0 Å². The van der Waals surface area contributed by atoms with E-state index in [0.717, 1.165) is 0 Å². The molecule has 0 aliphatic heterocycles. The Bertz CT molecular complexity index is 122. The molecule has 0 aliphatic rings. The third-order valence-corrected chi connectivity index (χ3v) is 1.50. The predicted molar refractivity (Wildman–Crippen MR) is 47.0 cm³/mol. The van der Waals surface area contributed by atoms with Crippen molar-refractivity contribution in [2.24, 2.45) is 10.8 Å². The molecule has 0 bridgehead atoms. The van der Waals surface area contributed by atoms with Crippen molar-refractivity contribution in [2.45, 2.75) is 47.6 Å². The first-order chi connectivity index (χ1) is 4.63. The maximum Gasteiger partial charge on any atom is 1.00 e. The van der Waals surface area contributed by atoms with Crippen molar-refractivity contribution < 1.29 is 42.8 Å². The van der Waals surface area contributed by atoms with Crippen molar-refractivity contribution in [3.8, 4) is 0 Å². The van der Waals surface area contributed by atoms with Crippen LogP contribution in [0.5, 0.6) is 0 Å². The Kier molecular flexibility index (Phi) is 10.0. The van der Waals surface area contributed by atoms with Crippen molar-refractivity contribution in [3.63, 3.8) is 0 Å². The predicted octanol–water partition coefficient (Wildman–Crippen LogP) is -3.98. The third kappa shape index (κ3) is 11.1. The van der Waals surface area contributed by atoms with Gasteiger partial charge < -0.3 is 11.5 Å². The molecule has 0 amide bonds. The maximum absolute atomic E-state index is 11.5. The Balaban J connectivity index is -0.000000500. The average molecular weight is 170 g/mol. The summed E-state index contributed by atoms with van der Waals surface area (Å²) in [5.74, 6) is 0. The molecule has 0 rings (SSSR count). The van der Waals surface area contributed by atoms with Crippen LogP contribution in [0.1, 0.15) is 41.5 Å². The van der Waals surface area contributed by atoms with Crippen LogP contribution in [-0.2, 0) is 0 Å². The largest absolute Gasteiger partial charge is 1.00 e. The molecule has 0 saturated carbocycles. The van der Waals surface area contributed by atoms with Gasteiger partial charge in [0.05, 0.1) is 0 Å². The molecule has 1 atom stereocenters. The van der Waals surface area contributed by atoms with E-state index < -0.39 is 6.10 Å². The van der Waals surface area contributed by atoms with E-state index in [1.165, 1.54) is 0 Å². The van der Waals surface area contributed by atoms with Gasteiger partial charge in [-0.2, -0.15) is 5.41 Å². The van der Waals surface area contributed by atoms with Gasteiger partial charge in [-0.25, -0.2) is 0 Å². The Morgan fingerprint density at radius 1 is 0.923 bits per heavy atom. The van der Waals surface area contributed by atoms with E-state index in [4.69, 9.17) is 0 Å². The molecule has 0 aromatic rings. The van der Waals surface area contributed by atoms with Crippen LogP contribution in [0.4, 0.5) is 0 Å². The Morgan fingerprint density at radius 2 is 1.23 bits per heavy atom. The normalized spacial score (nSPS) is 14.1. The minimum Gasteiger partial charge on any atom is -0.875 e. The van der Waals surface area contributed by atoms with Crippen LogP contribution in [0.15, 0.2) is 0 Å². The number of hydrogen-bond donors (Lipinski definition) is 0. The number of rotatable bonds is 1. The second-order valence-corrected chi connectivity index (χ2v) is 5.32. The molecule has 0 N–H and O–H groups in total. The van der Waals surface area contributed by atoms with Gasteiger partial charge in [0.25, 0.3) is 0 Å². The summed E-state index contributed by atoms with van der Waals surface area (Å²) in [5.41, 5.74) is -0.104. The van der Waals surface area contributed by atoms with Crippen molar-refractivity contribution in [1.29, 1.82) is 0 Å². The third-order valence-electron chi connectivity index (χ3n) is 1.50. The first-order valence-electron chi connectivity index (χ1n) is 4.15. The molecule has 0 spiro atoms. The molecule has 0 heterocycles. The van der Waals surface area contributed by atoms with E-state index >= 15 is 0 Å². The summed E-state index contributed by atoms with van der Waals surface area (Å²) >= 11 is 0. The minimum absolute atomic E-state index is 0. The topological polar surface area (TPSA) is 23.1 Å². The average Bonchev–Trinajstić information content (AvgIpc) is 1.56. The van der Waals surface area contributed by atoms with Gasteiger partial charge in [0.15, 0.2) is 0 Å². The standard InChI is InChI=1S/C10H20O.2Li/c1-9(2,3)7-8(11)10(4,5)6;;/h7-8H,1-6H3;;/q-2;2*+1. The summed E-state index contributed by atoms with van der Waals surface area (Å²) in [6.07, 6.45) is 1.31. The summed E-state index contributed by atoms with van der Waals surface area (Å²) in [7, 11) is 0. The van der Waals surface area contributed by atoms with Crippen molar-refractivity contribution in [1.82, 2.24) is 0 Å². The zero-order valence-electron chi connectivity index (χ0n) is 10.6. The van der Waals surface area contributed by atoms with Gasteiger partial charge >= 0.3 is 37.7 Å². The zero-order valence-corrected chi connectivity index (χ0v) is 10.6. The Hall–Kier alpha value is 1.15. The van der Waals surface area contributed by atoms with E-state index in [-0.39, 0.29) is 48.6 Å². The van der Waals surface area contributed by atoms with E-state index in [1.807, 2.05) is 27.2 Å². The molecule has 13 heavy (non-hydrogen) atoms. The molecule has 0 saturated heterocycles. The molecule has 1 unspecified atom stereocenters. The molecule has 0 radical (unpaired) electrons. The molecule has 3 heteroatoms. The van der Waals surface area contributed by atoms with Crippen LogP contribution < -0.4 is 42.8 Å². The fourth-order valence-corrected chi connectivity index (χ4v) is 0.704. The van der Waals surface area contributed by atoms with Crippen LogP contribution >= 0.6 is 0 Å². The molecule has 68 valence electrons. The van der Waals surface area contributed by atoms with Crippen molar-refractivity contribution >= 4 is 0 Å². The van der Waals surface area contributed by atoms with Crippen molar-refractivity contribution in [3.05, 3.63) is 6.42 Å². The van der Waals surface area contributed by atoms with Gasteiger partial charge in [0.1, 0.15) is 0 Å². The first-order valence-corrected chi connectivity index (χ1v) is 4.15. The minimum atomic E-state index is -0.567. The van der Waals surface area contributed by atoms with E-state index in [1.54, 1.807) is 0 Å². The van der Waals surface area contributed by atoms with Gasteiger partial charge in [-0.05, 0) is 0 Å². The molecule has 0 aromatic carbocycles. The first kappa shape index (κ1) is 19.7. The summed E-state index contributed by atoms with van der Waals surface area (Å²) in [5, 5.41) is 11.5.